The Morgan fingerprint density at radius 3 is 2.56 bits per heavy atom. The molecule has 2 rings (SSSR count). The second-order valence-corrected chi connectivity index (χ2v) is 4.74. The molecule has 1 fully saturated rings. The van der Waals surface area contributed by atoms with Crippen molar-refractivity contribution in [2.75, 3.05) is 44.2 Å². The topological polar surface area (TPSA) is 50.5 Å². The van der Waals surface area contributed by atoms with Gasteiger partial charge in [0.1, 0.15) is 6.07 Å². The fourth-order valence-corrected chi connectivity index (χ4v) is 2.38. The van der Waals surface area contributed by atoms with Gasteiger partial charge in [-0.2, -0.15) is 5.26 Å². The molecule has 1 saturated heterocycles. The zero-order valence-electron chi connectivity index (χ0n) is 10.1. The van der Waals surface area contributed by atoms with Crippen molar-refractivity contribution in [3.63, 3.8) is 0 Å². The largest absolute Gasteiger partial charge is 0.395 e. The second-order valence-electron chi connectivity index (χ2n) is 4.33. The molecule has 0 spiro atoms. The van der Waals surface area contributed by atoms with Crippen LogP contribution in [0.15, 0.2) is 18.2 Å². The Morgan fingerprint density at radius 1 is 1.28 bits per heavy atom. The average molecular weight is 266 g/mol. The lowest BCUT2D eigenvalue weighted by Crippen LogP contribution is -2.47. The minimum absolute atomic E-state index is 0.211. The standard InChI is InChI=1S/C13H16ClN3O/c14-13-9-12(2-1-11(13)10-15)17-5-3-16(4-6-17)7-8-18/h1-2,9,18H,3-8H2. The molecule has 0 unspecified atom stereocenters. The molecule has 0 aromatic heterocycles. The highest BCUT2D eigenvalue weighted by Gasteiger charge is 2.17. The highest BCUT2D eigenvalue weighted by Crippen LogP contribution is 2.24. The molecule has 18 heavy (non-hydrogen) atoms. The van der Waals surface area contributed by atoms with Gasteiger partial charge in [0.15, 0.2) is 0 Å². The van der Waals surface area contributed by atoms with Crippen molar-refractivity contribution in [1.82, 2.24) is 4.90 Å². The van der Waals surface area contributed by atoms with Crippen LogP contribution < -0.4 is 4.90 Å². The van der Waals surface area contributed by atoms with Gasteiger partial charge in [0, 0.05) is 38.4 Å². The van der Waals surface area contributed by atoms with Gasteiger partial charge < -0.3 is 10.0 Å². The Labute approximate surface area is 112 Å². The average Bonchev–Trinajstić information content (AvgIpc) is 2.40. The molecule has 96 valence electrons. The third kappa shape index (κ3) is 2.94. The van der Waals surface area contributed by atoms with Crippen molar-refractivity contribution in [2.24, 2.45) is 0 Å². The molecule has 0 aliphatic carbocycles. The monoisotopic (exact) mass is 265 g/mol. The number of nitriles is 1. The predicted molar refractivity (Wildman–Crippen MR) is 71.9 cm³/mol. The van der Waals surface area contributed by atoms with Crippen LogP contribution in [0.5, 0.6) is 0 Å². The first-order valence-electron chi connectivity index (χ1n) is 6.02. The molecule has 0 bridgehead atoms. The first-order chi connectivity index (χ1) is 8.74. The van der Waals surface area contributed by atoms with E-state index in [9.17, 15) is 0 Å². The number of rotatable bonds is 3. The Morgan fingerprint density at radius 2 is 2.00 bits per heavy atom. The van der Waals surface area contributed by atoms with Crippen molar-refractivity contribution in [3.05, 3.63) is 28.8 Å². The minimum atomic E-state index is 0.211. The number of aliphatic hydroxyl groups is 1. The zero-order valence-corrected chi connectivity index (χ0v) is 10.9. The second kappa shape index (κ2) is 6.05. The first-order valence-corrected chi connectivity index (χ1v) is 6.40. The lowest BCUT2D eigenvalue weighted by atomic mass is 10.2. The summed E-state index contributed by atoms with van der Waals surface area (Å²) in [5.41, 5.74) is 1.57. The van der Waals surface area contributed by atoms with E-state index in [2.05, 4.69) is 15.9 Å². The first kappa shape index (κ1) is 13.2. The Balaban J connectivity index is 2.02. The van der Waals surface area contributed by atoms with Gasteiger partial charge in [0.2, 0.25) is 0 Å². The molecule has 0 saturated carbocycles. The Bertz CT molecular complexity index is 450. The van der Waals surface area contributed by atoms with Gasteiger partial charge >= 0.3 is 0 Å². The maximum atomic E-state index is 8.89. The van der Waals surface area contributed by atoms with Crippen LogP contribution in [0, 0.1) is 11.3 Å². The van der Waals surface area contributed by atoms with Crippen LogP contribution in [0.2, 0.25) is 5.02 Å². The van der Waals surface area contributed by atoms with Crippen LogP contribution in [-0.2, 0) is 0 Å². The SMILES string of the molecule is N#Cc1ccc(N2CCN(CCO)CC2)cc1Cl. The summed E-state index contributed by atoms with van der Waals surface area (Å²) in [7, 11) is 0. The van der Waals surface area contributed by atoms with E-state index in [1.165, 1.54) is 0 Å². The van der Waals surface area contributed by atoms with E-state index in [1.807, 2.05) is 12.1 Å². The molecule has 5 heteroatoms. The van der Waals surface area contributed by atoms with Crippen LogP contribution in [0.1, 0.15) is 5.56 Å². The van der Waals surface area contributed by atoms with E-state index >= 15 is 0 Å². The number of halogens is 1. The van der Waals surface area contributed by atoms with Crippen molar-refractivity contribution < 1.29 is 5.11 Å². The summed E-state index contributed by atoms with van der Waals surface area (Å²) in [6.07, 6.45) is 0. The lowest BCUT2D eigenvalue weighted by Gasteiger charge is -2.35. The van der Waals surface area contributed by atoms with E-state index in [4.69, 9.17) is 22.0 Å². The Hall–Kier alpha value is -1.28. The number of aliphatic hydroxyl groups excluding tert-OH is 1. The summed E-state index contributed by atoms with van der Waals surface area (Å²) in [5, 5.41) is 18.2. The fraction of sp³-hybridized carbons (Fsp3) is 0.462. The number of hydrogen-bond acceptors (Lipinski definition) is 4. The van der Waals surface area contributed by atoms with Crippen molar-refractivity contribution in [2.45, 2.75) is 0 Å². The smallest absolute Gasteiger partial charge is 0.101 e. The van der Waals surface area contributed by atoms with Crippen LogP contribution in [0.4, 0.5) is 5.69 Å². The van der Waals surface area contributed by atoms with Gasteiger partial charge in [-0.15, -0.1) is 0 Å². The molecule has 1 aliphatic rings. The van der Waals surface area contributed by atoms with Crippen LogP contribution in [0.25, 0.3) is 0 Å². The summed E-state index contributed by atoms with van der Waals surface area (Å²) < 4.78 is 0. The summed E-state index contributed by atoms with van der Waals surface area (Å²) in [4.78, 5) is 4.49. The van der Waals surface area contributed by atoms with Crippen molar-refractivity contribution in [3.8, 4) is 6.07 Å². The van der Waals surface area contributed by atoms with Gasteiger partial charge in [-0.25, -0.2) is 0 Å². The molecule has 1 N–H and O–H groups in total. The number of benzene rings is 1. The van der Waals surface area contributed by atoms with Gasteiger partial charge in [-0.05, 0) is 18.2 Å². The highest BCUT2D eigenvalue weighted by molar-refractivity contribution is 6.32. The van der Waals surface area contributed by atoms with E-state index in [1.54, 1.807) is 6.07 Å². The van der Waals surface area contributed by atoms with Crippen LogP contribution in [0.3, 0.4) is 0 Å². The lowest BCUT2D eigenvalue weighted by molar-refractivity contribution is 0.189. The number of piperazine rings is 1. The van der Waals surface area contributed by atoms with Crippen molar-refractivity contribution >= 4 is 17.3 Å². The third-order valence-electron chi connectivity index (χ3n) is 3.23. The maximum Gasteiger partial charge on any atom is 0.101 e. The minimum Gasteiger partial charge on any atom is -0.395 e. The van der Waals surface area contributed by atoms with Gasteiger partial charge in [-0.3, -0.25) is 4.90 Å². The predicted octanol–water partition coefficient (Wildman–Crippen LogP) is 1.33. The molecule has 1 heterocycles. The molecule has 1 aromatic carbocycles. The normalized spacial score (nSPS) is 16.6. The van der Waals surface area contributed by atoms with Gasteiger partial charge in [0.25, 0.3) is 0 Å². The molecular formula is C13H16ClN3O. The number of anilines is 1. The summed E-state index contributed by atoms with van der Waals surface area (Å²) in [6, 6.07) is 7.61. The van der Waals surface area contributed by atoms with E-state index in [0.717, 1.165) is 38.4 Å². The van der Waals surface area contributed by atoms with Gasteiger partial charge in [-0.1, -0.05) is 11.6 Å². The van der Waals surface area contributed by atoms with Crippen LogP contribution >= 0.6 is 11.6 Å². The molecular weight excluding hydrogens is 250 g/mol. The van der Waals surface area contributed by atoms with Crippen LogP contribution in [-0.4, -0.2) is 49.3 Å². The summed E-state index contributed by atoms with van der Waals surface area (Å²) in [5.74, 6) is 0. The zero-order chi connectivity index (χ0) is 13.0. The maximum absolute atomic E-state index is 8.89. The molecule has 1 aromatic rings. The fourth-order valence-electron chi connectivity index (χ4n) is 2.16. The van der Waals surface area contributed by atoms with Gasteiger partial charge in [0.05, 0.1) is 17.2 Å². The van der Waals surface area contributed by atoms with Crippen molar-refractivity contribution in [1.29, 1.82) is 5.26 Å². The number of nitrogens with zero attached hydrogens (tertiary/aromatic N) is 3. The number of β-amino-alcohol motifs (C(OH)–C–C–N with tert-alkyl or cyclic N) is 1. The Kier molecular flexibility index (Phi) is 4.43. The summed E-state index contributed by atoms with van der Waals surface area (Å²) >= 11 is 6.03. The quantitative estimate of drug-likeness (QED) is 0.896. The summed E-state index contributed by atoms with van der Waals surface area (Å²) in [6.45, 7) is 4.67. The third-order valence-corrected chi connectivity index (χ3v) is 3.54. The number of hydrogen-bond donors (Lipinski definition) is 1. The molecule has 0 radical (unpaired) electrons. The van der Waals surface area contributed by atoms with E-state index in [-0.39, 0.29) is 6.61 Å². The van der Waals surface area contributed by atoms with E-state index in [0.29, 0.717) is 10.6 Å². The van der Waals surface area contributed by atoms with E-state index < -0.39 is 0 Å². The molecule has 0 atom stereocenters. The highest BCUT2D eigenvalue weighted by atomic mass is 35.5. The molecule has 1 aliphatic heterocycles. The molecule has 4 nitrogen and oxygen atoms in total. The molecule has 0 amide bonds.